The van der Waals surface area contributed by atoms with Crippen LogP contribution < -0.4 is 0 Å². The summed E-state index contributed by atoms with van der Waals surface area (Å²) in [5.74, 6) is -0.875. The second-order valence-electron chi connectivity index (χ2n) is 5.52. The molecule has 1 aliphatic rings. The predicted molar refractivity (Wildman–Crippen MR) is 76.9 cm³/mol. The van der Waals surface area contributed by atoms with Gasteiger partial charge < -0.3 is 10.0 Å². The third kappa shape index (κ3) is 3.90. The average Bonchev–Trinajstić information content (AvgIpc) is 2.46. The highest BCUT2D eigenvalue weighted by atomic mass is 16.4. The molecular weight excluding hydrogens is 254 g/mol. The van der Waals surface area contributed by atoms with Gasteiger partial charge in [-0.1, -0.05) is 29.8 Å². The Balaban J connectivity index is 1.84. The number of piperidine rings is 1. The smallest absolute Gasteiger partial charge is 0.307 e. The summed E-state index contributed by atoms with van der Waals surface area (Å²) in [4.78, 5) is 25.2. The van der Waals surface area contributed by atoms with E-state index in [1.54, 1.807) is 0 Å². The molecule has 1 aliphatic heterocycles. The molecule has 4 nitrogen and oxygen atoms in total. The van der Waals surface area contributed by atoms with Crippen molar-refractivity contribution < 1.29 is 14.7 Å². The van der Waals surface area contributed by atoms with Crippen LogP contribution in [0.3, 0.4) is 0 Å². The second-order valence-corrected chi connectivity index (χ2v) is 5.52. The van der Waals surface area contributed by atoms with E-state index in [2.05, 4.69) is 4.90 Å². The van der Waals surface area contributed by atoms with E-state index in [4.69, 9.17) is 5.11 Å². The molecule has 0 saturated carbocycles. The van der Waals surface area contributed by atoms with Crippen LogP contribution in [0.1, 0.15) is 35.2 Å². The molecule has 1 unspecified atom stereocenters. The third-order valence-corrected chi connectivity index (χ3v) is 3.88. The number of Topliss-reactive ketones (excluding diaryl/α,β-unsaturated/α-hetero) is 1. The minimum absolute atomic E-state index is 0.127. The maximum Gasteiger partial charge on any atom is 0.307 e. The molecule has 0 radical (unpaired) electrons. The zero-order chi connectivity index (χ0) is 14.5. The minimum Gasteiger partial charge on any atom is -0.481 e. The number of rotatable bonds is 5. The maximum absolute atomic E-state index is 12.1. The van der Waals surface area contributed by atoms with E-state index in [9.17, 15) is 9.59 Å². The summed E-state index contributed by atoms with van der Waals surface area (Å²) in [6.45, 7) is 4.10. The molecule has 0 aromatic heterocycles. The van der Waals surface area contributed by atoms with Crippen molar-refractivity contribution in [1.82, 2.24) is 4.90 Å². The van der Waals surface area contributed by atoms with Gasteiger partial charge in [-0.05, 0) is 26.3 Å². The fourth-order valence-electron chi connectivity index (χ4n) is 2.60. The number of carboxylic acids is 1. The van der Waals surface area contributed by atoms with Crippen LogP contribution in [0, 0.1) is 12.8 Å². The summed E-state index contributed by atoms with van der Waals surface area (Å²) in [6, 6.07) is 7.59. The van der Waals surface area contributed by atoms with Gasteiger partial charge in [0, 0.05) is 25.1 Å². The fourth-order valence-corrected chi connectivity index (χ4v) is 2.60. The lowest BCUT2D eigenvalue weighted by Crippen LogP contribution is -2.39. The Bertz CT molecular complexity index is 481. The van der Waals surface area contributed by atoms with Crippen molar-refractivity contribution in [2.24, 2.45) is 5.92 Å². The topological polar surface area (TPSA) is 57.6 Å². The van der Waals surface area contributed by atoms with Gasteiger partial charge in [0.25, 0.3) is 0 Å². The number of aryl methyl sites for hydroxylation is 1. The van der Waals surface area contributed by atoms with E-state index in [1.807, 2.05) is 31.2 Å². The number of benzene rings is 1. The number of nitrogens with zero attached hydrogens (tertiary/aromatic N) is 1. The van der Waals surface area contributed by atoms with Crippen LogP contribution in [-0.4, -0.2) is 41.4 Å². The van der Waals surface area contributed by atoms with Gasteiger partial charge in [-0.2, -0.15) is 0 Å². The molecule has 1 aromatic rings. The van der Waals surface area contributed by atoms with Crippen LogP contribution in [0.5, 0.6) is 0 Å². The zero-order valence-electron chi connectivity index (χ0n) is 11.8. The quantitative estimate of drug-likeness (QED) is 0.838. The number of hydrogen-bond donors (Lipinski definition) is 1. The first-order valence-electron chi connectivity index (χ1n) is 7.11. The van der Waals surface area contributed by atoms with Crippen molar-refractivity contribution in [3.8, 4) is 0 Å². The Morgan fingerprint density at radius 3 is 2.65 bits per heavy atom. The van der Waals surface area contributed by atoms with Gasteiger partial charge in [-0.25, -0.2) is 0 Å². The maximum atomic E-state index is 12.1. The van der Waals surface area contributed by atoms with Crippen LogP contribution in [0.25, 0.3) is 0 Å². The number of likely N-dealkylation sites (tertiary alicyclic amines) is 1. The molecule has 1 N–H and O–H groups in total. The minimum atomic E-state index is -0.723. The number of carboxylic acid groups (broad SMARTS) is 1. The van der Waals surface area contributed by atoms with Gasteiger partial charge in [0.05, 0.1) is 5.92 Å². The molecule has 108 valence electrons. The molecule has 1 saturated heterocycles. The summed E-state index contributed by atoms with van der Waals surface area (Å²) in [5, 5.41) is 9.04. The zero-order valence-corrected chi connectivity index (χ0v) is 11.8. The van der Waals surface area contributed by atoms with Crippen molar-refractivity contribution in [3.05, 3.63) is 35.4 Å². The molecule has 0 amide bonds. The van der Waals surface area contributed by atoms with Gasteiger partial charge >= 0.3 is 5.97 Å². The number of carbonyl (C=O) groups excluding carboxylic acids is 1. The van der Waals surface area contributed by atoms with Crippen molar-refractivity contribution in [2.75, 3.05) is 19.6 Å². The summed E-state index contributed by atoms with van der Waals surface area (Å²) in [5.41, 5.74) is 1.88. The van der Waals surface area contributed by atoms with E-state index >= 15 is 0 Å². The molecule has 1 fully saturated rings. The largest absolute Gasteiger partial charge is 0.481 e. The number of hydrogen-bond acceptors (Lipinski definition) is 3. The highest BCUT2D eigenvalue weighted by Crippen LogP contribution is 2.17. The first-order valence-corrected chi connectivity index (χ1v) is 7.11. The monoisotopic (exact) mass is 275 g/mol. The normalized spacial score (nSPS) is 19.8. The molecule has 0 aliphatic carbocycles. The van der Waals surface area contributed by atoms with Crippen LogP contribution >= 0.6 is 0 Å². The summed E-state index contributed by atoms with van der Waals surface area (Å²) in [6.07, 6.45) is 2.10. The van der Waals surface area contributed by atoms with Crippen molar-refractivity contribution in [1.29, 1.82) is 0 Å². The third-order valence-electron chi connectivity index (χ3n) is 3.88. The lowest BCUT2D eigenvalue weighted by molar-refractivity contribution is -0.143. The molecule has 1 atom stereocenters. The summed E-state index contributed by atoms with van der Waals surface area (Å²) < 4.78 is 0. The van der Waals surface area contributed by atoms with Crippen LogP contribution in [-0.2, 0) is 4.79 Å². The highest BCUT2D eigenvalue weighted by Gasteiger charge is 2.25. The Morgan fingerprint density at radius 2 is 2.00 bits per heavy atom. The molecule has 2 rings (SSSR count). The standard InChI is InChI=1S/C16H21NO3/c1-12-4-6-13(7-5-12)15(18)8-10-17-9-2-3-14(11-17)16(19)20/h4-7,14H,2-3,8-11H2,1H3,(H,19,20). The van der Waals surface area contributed by atoms with Gasteiger partial charge in [-0.15, -0.1) is 0 Å². The van der Waals surface area contributed by atoms with E-state index in [0.29, 0.717) is 19.5 Å². The highest BCUT2D eigenvalue weighted by molar-refractivity contribution is 5.96. The molecule has 0 spiro atoms. The van der Waals surface area contributed by atoms with Crippen LogP contribution in [0.15, 0.2) is 24.3 Å². The predicted octanol–water partition coefficient (Wildman–Crippen LogP) is 2.36. The van der Waals surface area contributed by atoms with Crippen molar-refractivity contribution >= 4 is 11.8 Å². The molecule has 4 heteroatoms. The second kappa shape index (κ2) is 6.66. The lowest BCUT2D eigenvalue weighted by Gasteiger charge is -2.30. The van der Waals surface area contributed by atoms with Gasteiger partial charge in [0.2, 0.25) is 0 Å². The van der Waals surface area contributed by atoms with Crippen molar-refractivity contribution in [3.63, 3.8) is 0 Å². The van der Waals surface area contributed by atoms with E-state index < -0.39 is 5.97 Å². The number of aliphatic carboxylic acids is 1. The Kier molecular flexibility index (Phi) is 4.90. The molecule has 0 bridgehead atoms. The molecule has 1 heterocycles. The van der Waals surface area contributed by atoms with Gasteiger partial charge in [-0.3, -0.25) is 9.59 Å². The van der Waals surface area contributed by atoms with Crippen molar-refractivity contribution in [2.45, 2.75) is 26.2 Å². The van der Waals surface area contributed by atoms with E-state index in [-0.39, 0.29) is 11.7 Å². The van der Waals surface area contributed by atoms with Crippen LogP contribution in [0.2, 0.25) is 0 Å². The Hall–Kier alpha value is -1.68. The molecule has 1 aromatic carbocycles. The van der Waals surface area contributed by atoms with E-state index in [0.717, 1.165) is 30.5 Å². The molecular formula is C16H21NO3. The number of carbonyl (C=O) groups is 2. The first kappa shape index (κ1) is 14.7. The summed E-state index contributed by atoms with van der Waals surface area (Å²) >= 11 is 0. The van der Waals surface area contributed by atoms with Gasteiger partial charge in [0.1, 0.15) is 0 Å². The summed E-state index contributed by atoms with van der Waals surface area (Å²) in [7, 11) is 0. The molecule has 20 heavy (non-hydrogen) atoms. The van der Waals surface area contributed by atoms with Crippen LogP contribution in [0.4, 0.5) is 0 Å². The lowest BCUT2D eigenvalue weighted by atomic mass is 9.98. The van der Waals surface area contributed by atoms with E-state index in [1.165, 1.54) is 0 Å². The average molecular weight is 275 g/mol. The first-order chi connectivity index (χ1) is 9.56. The SMILES string of the molecule is Cc1ccc(C(=O)CCN2CCCC(C(=O)O)C2)cc1. The Morgan fingerprint density at radius 1 is 1.30 bits per heavy atom. The number of ketones is 1. The fraction of sp³-hybridized carbons (Fsp3) is 0.500. The Labute approximate surface area is 119 Å². The van der Waals surface area contributed by atoms with Gasteiger partial charge in [0.15, 0.2) is 5.78 Å².